The average molecular weight is 294 g/mol. The summed E-state index contributed by atoms with van der Waals surface area (Å²) in [6.45, 7) is 5.66. The number of ether oxygens (including phenoxy) is 2. The van der Waals surface area contributed by atoms with E-state index in [-0.39, 0.29) is 0 Å². The van der Waals surface area contributed by atoms with Crippen LogP contribution in [0.5, 0.6) is 0 Å². The molecule has 0 bridgehead atoms. The Morgan fingerprint density at radius 3 is 1.32 bits per heavy atom. The third-order valence-electron chi connectivity index (χ3n) is 3.87. The molecule has 114 valence electrons. The van der Waals surface area contributed by atoms with Gasteiger partial charge in [-0.25, -0.2) is 0 Å². The minimum atomic E-state index is 0.738. The first-order valence-electron chi connectivity index (χ1n) is 7.88. The molecule has 2 nitrogen and oxygen atoms in total. The Labute approximate surface area is 132 Å². The van der Waals surface area contributed by atoms with Gasteiger partial charge in [0.15, 0.2) is 11.5 Å². The van der Waals surface area contributed by atoms with E-state index in [1.807, 2.05) is 0 Å². The summed E-state index contributed by atoms with van der Waals surface area (Å²) in [6.07, 6.45) is 2.05. The van der Waals surface area contributed by atoms with Crippen molar-refractivity contribution in [1.29, 1.82) is 0 Å². The van der Waals surface area contributed by atoms with Gasteiger partial charge in [-0.05, 0) is 26.7 Å². The van der Waals surface area contributed by atoms with Crippen molar-refractivity contribution in [3.8, 4) is 0 Å². The molecular formula is C20H22O2. The van der Waals surface area contributed by atoms with Crippen LogP contribution in [0, 0.1) is 13.8 Å². The zero-order chi connectivity index (χ0) is 15.4. The minimum absolute atomic E-state index is 0.738. The molecule has 1 aliphatic rings. The van der Waals surface area contributed by atoms with Gasteiger partial charge in [0.05, 0.1) is 13.2 Å². The van der Waals surface area contributed by atoms with Crippen LogP contribution < -0.4 is 0 Å². The van der Waals surface area contributed by atoms with Gasteiger partial charge in [0.2, 0.25) is 0 Å². The van der Waals surface area contributed by atoms with Gasteiger partial charge in [-0.15, -0.1) is 0 Å². The molecule has 0 fully saturated rings. The lowest BCUT2D eigenvalue weighted by Crippen LogP contribution is -2.07. The van der Waals surface area contributed by atoms with Crippen molar-refractivity contribution >= 4 is 11.5 Å². The van der Waals surface area contributed by atoms with E-state index in [1.165, 1.54) is 11.1 Å². The molecule has 3 rings (SSSR count). The fourth-order valence-electron chi connectivity index (χ4n) is 2.52. The number of rotatable bonds is 2. The van der Waals surface area contributed by atoms with Crippen molar-refractivity contribution in [2.75, 3.05) is 13.2 Å². The van der Waals surface area contributed by atoms with E-state index in [9.17, 15) is 0 Å². The van der Waals surface area contributed by atoms with Gasteiger partial charge in [-0.2, -0.15) is 0 Å². The molecule has 0 saturated carbocycles. The van der Waals surface area contributed by atoms with Gasteiger partial charge in [0.25, 0.3) is 0 Å². The minimum Gasteiger partial charge on any atom is -0.489 e. The molecule has 0 unspecified atom stereocenters. The summed E-state index contributed by atoms with van der Waals surface area (Å²) in [4.78, 5) is 0. The highest BCUT2D eigenvalue weighted by Gasteiger charge is 2.17. The SMILES string of the molecule is Cc1ccc(C2=C(c3ccc(C)cc3)OCCCCO2)cc1. The summed E-state index contributed by atoms with van der Waals surface area (Å²) < 4.78 is 12.1. The molecule has 2 aromatic rings. The third kappa shape index (κ3) is 3.33. The largest absolute Gasteiger partial charge is 0.489 e. The van der Waals surface area contributed by atoms with Crippen LogP contribution in [0.3, 0.4) is 0 Å². The zero-order valence-electron chi connectivity index (χ0n) is 13.3. The van der Waals surface area contributed by atoms with Crippen LogP contribution in [0.1, 0.15) is 35.1 Å². The van der Waals surface area contributed by atoms with E-state index < -0.39 is 0 Å². The van der Waals surface area contributed by atoms with Crippen LogP contribution in [0.25, 0.3) is 11.5 Å². The molecule has 1 aliphatic heterocycles. The third-order valence-corrected chi connectivity index (χ3v) is 3.87. The van der Waals surface area contributed by atoms with Crippen LogP contribution in [-0.4, -0.2) is 13.2 Å². The number of hydrogen-bond acceptors (Lipinski definition) is 2. The van der Waals surface area contributed by atoms with Crippen LogP contribution in [0.2, 0.25) is 0 Å². The summed E-state index contributed by atoms with van der Waals surface area (Å²) >= 11 is 0. The predicted octanol–water partition coefficient (Wildman–Crippen LogP) is 4.96. The van der Waals surface area contributed by atoms with Crippen molar-refractivity contribution in [3.05, 3.63) is 70.8 Å². The first-order valence-corrected chi connectivity index (χ1v) is 7.88. The summed E-state index contributed by atoms with van der Waals surface area (Å²) in [5.41, 5.74) is 4.63. The van der Waals surface area contributed by atoms with E-state index in [1.54, 1.807) is 0 Å². The van der Waals surface area contributed by atoms with E-state index in [4.69, 9.17) is 9.47 Å². The highest BCUT2D eigenvalue weighted by Crippen LogP contribution is 2.30. The number of benzene rings is 2. The van der Waals surface area contributed by atoms with Crippen LogP contribution in [0.4, 0.5) is 0 Å². The summed E-state index contributed by atoms with van der Waals surface area (Å²) in [7, 11) is 0. The fourth-order valence-corrected chi connectivity index (χ4v) is 2.52. The fraction of sp³-hybridized carbons (Fsp3) is 0.300. The predicted molar refractivity (Wildman–Crippen MR) is 90.3 cm³/mol. The smallest absolute Gasteiger partial charge is 0.168 e. The number of hydrogen-bond donors (Lipinski definition) is 0. The zero-order valence-corrected chi connectivity index (χ0v) is 13.3. The molecule has 2 heteroatoms. The monoisotopic (exact) mass is 294 g/mol. The lowest BCUT2D eigenvalue weighted by atomic mass is 10.1. The molecule has 0 atom stereocenters. The number of aryl methyl sites for hydroxylation is 2. The second kappa shape index (κ2) is 6.69. The average Bonchev–Trinajstić information content (AvgIpc) is 2.50. The second-order valence-corrected chi connectivity index (χ2v) is 5.79. The van der Waals surface area contributed by atoms with E-state index in [0.29, 0.717) is 0 Å². The lowest BCUT2D eigenvalue weighted by molar-refractivity contribution is 0.199. The Hall–Kier alpha value is -2.22. The second-order valence-electron chi connectivity index (χ2n) is 5.79. The van der Waals surface area contributed by atoms with Crippen molar-refractivity contribution in [1.82, 2.24) is 0 Å². The Kier molecular flexibility index (Phi) is 4.47. The maximum atomic E-state index is 6.06. The molecule has 0 N–H and O–H groups in total. The van der Waals surface area contributed by atoms with Crippen molar-refractivity contribution < 1.29 is 9.47 Å². The van der Waals surface area contributed by atoms with E-state index >= 15 is 0 Å². The standard InChI is InChI=1S/C20H22O2/c1-15-5-9-17(10-6-15)19-20(22-14-4-3-13-21-19)18-11-7-16(2)8-12-18/h5-12H,3-4,13-14H2,1-2H3. The Morgan fingerprint density at radius 2 is 0.955 bits per heavy atom. The van der Waals surface area contributed by atoms with Crippen LogP contribution >= 0.6 is 0 Å². The topological polar surface area (TPSA) is 18.5 Å². The van der Waals surface area contributed by atoms with Crippen LogP contribution in [0.15, 0.2) is 48.5 Å². The van der Waals surface area contributed by atoms with Crippen molar-refractivity contribution in [3.63, 3.8) is 0 Å². The van der Waals surface area contributed by atoms with Gasteiger partial charge in [-0.1, -0.05) is 59.7 Å². The van der Waals surface area contributed by atoms with Gasteiger partial charge >= 0.3 is 0 Å². The Balaban J connectivity index is 2.08. The quantitative estimate of drug-likeness (QED) is 0.779. The van der Waals surface area contributed by atoms with Crippen LogP contribution in [-0.2, 0) is 9.47 Å². The maximum absolute atomic E-state index is 6.06. The van der Waals surface area contributed by atoms with Gasteiger partial charge < -0.3 is 9.47 Å². The molecular weight excluding hydrogens is 272 g/mol. The summed E-state index contributed by atoms with van der Waals surface area (Å²) in [5, 5.41) is 0. The van der Waals surface area contributed by atoms with Gasteiger partial charge in [0, 0.05) is 11.1 Å². The highest BCUT2D eigenvalue weighted by atomic mass is 16.5. The van der Waals surface area contributed by atoms with Gasteiger partial charge in [0.1, 0.15) is 0 Å². The normalized spacial score (nSPS) is 15.5. The van der Waals surface area contributed by atoms with E-state index in [2.05, 4.69) is 62.4 Å². The molecule has 1 heterocycles. The summed E-state index contributed by atoms with van der Waals surface area (Å²) in [5.74, 6) is 1.70. The Morgan fingerprint density at radius 1 is 0.591 bits per heavy atom. The Bertz CT molecular complexity index is 592. The maximum Gasteiger partial charge on any atom is 0.168 e. The molecule has 0 spiro atoms. The lowest BCUT2D eigenvalue weighted by Gasteiger charge is -2.21. The summed E-state index contributed by atoms with van der Waals surface area (Å²) in [6, 6.07) is 16.8. The molecule has 0 amide bonds. The molecule has 0 radical (unpaired) electrons. The first kappa shape index (κ1) is 14.7. The van der Waals surface area contributed by atoms with E-state index in [0.717, 1.165) is 48.7 Å². The highest BCUT2D eigenvalue weighted by molar-refractivity contribution is 5.84. The molecule has 0 aliphatic carbocycles. The first-order chi connectivity index (χ1) is 10.7. The molecule has 0 saturated heterocycles. The van der Waals surface area contributed by atoms with Gasteiger partial charge in [-0.3, -0.25) is 0 Å². The van der Waals surface area contributed by atoms with Crippen molar-refractivity contribution in [2.45, 2.75) is 26.7 Å². The molecule has 0 aromatic heterocycles. The molecule has 22 heavy (non-hydrogen) atoms. The molecule has 2 aromatic carbocycles. The van der Waals surface area contributed by atoms with Crippen molar-refractivity contribution in [2.24, 2.45) is 0 Å².